The highest BCUT2D eigenvalue weighted by molar-refractivity contribution is 7.92. The maximum atomic E-state index is 11.5. The minimum absolute atomic E-state index is 0. The molecule has 2 atom stereocenters. The fourth-order valence-electron chi connectivity index (χ4n) is 4.05. The van der Waals surface area contributed by atoms with Gasteiger partial charge in [0.1, 0.15) is 17.2 Å². The Balaban J connectivity index is 0.00000481. The van der Waals surface area contributed by atoms with Gasteiger partial charge in [-0.25, -0.2) is 8.42 Å². The zero-order valence-electron chi connectivity index (χ0n) is 21.3. The minimum atomic E-state index is -3.57. The van der Waals surface area contributed by atoms with Crippen LogP contribution in [0.2, 0.25) is 0 Å². The van der Waals surface area contributed by atoms with Crippen molar-refractivity contribution in [1.29, 1.82) is 0 Å². The maximum absolute atomic E-state index is 11.5. The molecule has 4 N–H and O–H groups in total. The molecule has 0 spiro atoms. The number of aliphatic hydroxyl groups excluding tert-OH is 1. The molecule has 3 aromatic rings. The van der Waals surface area contributed by atoms with Gasteiger partial charge in [-0.15, -0.1) is 12.4 Å². The van der Waals surface area contributed by atoms with Crippen molar-refractivity contribution in [2.75, 3.05) is 31.7 Å². The SMILES string of the molecule is COc1ccc(C(C[C@@H](C)NC[C@H](O)c2ccc(O)c(NS(C)(=O)=O)c2)c2ccc(OC)cc2)cc1.Cl. The molecule has 0 saturated heterocycles. The number of hydrogen-bond acceptors (Lipinski definition) is 7. The summed E-state index contributed by atoms with van der Waals surface area (Å²) < 4.78 is 36.0. The number of aromatic hydroxyl groups is 1. The monoisotopic (exact) mass is 550 g/mol. The number of aliphatic hydroxyl groups is 1. The second-order valence-corrected chi connectivity index (χ2v) is 10.6. The van der Waals surface area contributed by atoms with E-state index in [1.807, 2.05) is 24.3 Å². The van der Waals surface area contributed by atoms with Crippen LogP contribution in [-0.4, -0.2) is 51.7 Å². The summed E-state index contributed by atoms with van der Waals surface area (Å²) in [6, 6.07) is 20.4. The van der Waals surface area contributed by atoms with Crippen LogP contribution in [0.5, 0.6) is 17.2 Å². The average Bonchev–Trinajstić information content (AvgIpc) is 2.86. The quantitative estimate of drug-likeness (QED) is 0.246. The third-order valence-corrected chi connectivity index (χ3v) is 6.58. The van der Waals surface area contributed by atoms with Crippen molar-refractivity contribution in [3.8, 4) is 17.2 Å². The van der Waals surface area contributed by atoms with Gasteiger partial charge in [-0.1, -0.05) is 30.3 Å². The topological polar surface area (TPSA) is 117 Å². The molecule has 10 heteroatoms. The van der Waals surface area contributed by atoms with E-state index < -0.39 is 16.1 Å². The number of benzene rings is 3. The van der Waals surface area contributed by atoms with Crippen LogP contribution in [0.1, 0.15) is 42.1 Å². The number of sulfonamides is 1. The smallest absolute Gasteiger partial charge is 0.229 e. The molecule has 0 aromatic heterocycles. The van der Waals surface area contributed by atoms with Gasteiger partial charge in [-0.2, -0.15) is 0 Å². The number of halogens is 1. The molecule has 8 nitrogen and oxygen atoms in total. The summed E-state index contributed by atoms with van der Waals surface area (Å²) >= 11 is 0. The molecule has 0 amide bonds. The highest BCUT2D eigenvalue weighted by Gasteiger charge is 2.20. The third kappa shape index (κ3) is 8.82. The Morgan fingerprint density at radius 3 is 1.81 bits per heavy atom. The van der Waals surface area contributed by atoms with Crippen LogP contribution >= 0.6 is 12.4 Å². The number of methoxy groups -OCH3 is 2. The first-order valence-corrected chi connectivity index (χ1v) is 13.5. The van der Waals surface area contributed by atoms with Crippen LogP contribution in [0.3, 0.4) is 0 Å². The molecule has 0 saturated carbocycles. The van der Waals surface area contributed by atoms with Crippen LogP contribution in [0, 0.1) is 0 Å². The number of phenolic OH excluding ortho intramolecular Hbond substituents is 1. The molecule has 0 aliphatic carbocycles. The van der Waals surface area contributed by atoms with Gasteiger partial charge in [-0.05, 0) is 66.4 Å². The number of hydrogen-bond donors (Lipinski definition) is 4. The van der Waals surface area contributed by atoms with E-state index in [2.05, 4.69) is 41.2 Å². The molecule has 3 rings (SSSR count). The molecule has 0 bridgehead atoms. The van der Waals surface area contributed by atoms with E-state index in [1.54, 1.807) is 20.3 Å². The number of rotatable bonds is 12. The number of nitrogens with one attached hydrogen (secondary N) is 2. The number of anilines is 1. The van der Waals surface area contributed by atoms with E-state index in [0.29, 0.717) is 5.56 Å². The van der Waals surface area contributed by atoms with Crippen LogP contribution < -0.4 is 19.5 Å². The van der Waals surface area contributed by atoms with Crippen molar-refractivity contribution in [1.82, 2.24) is 5.32 Å². The van der Waals surface area contributed by atoms with Crippen molar-refractivity contribution in [2.45, 2.75) is 31.4 Å². The van der Waals surface area contributed by atoms with Gasteiger partial charge in [0.15, 0.2) is 0 Å². The Hall–Kier alpha value is -2.98. The van der Waals surface area contributed by atoms with Crippen LogP contribution in [0.15, 0.2) is 66.7 Å². The fraction of sp³-hybridized carbons (Fsp3) is 0.333. The largest absolute Gasteiger partial charge is 0.506 e. The molecule has 3 aromatic carbocycles. The molecule has 0 aliphatic heterocycles. The Kier molecular flexibility index (Phi) is 11.1. The fourth-order valence-corrected chi connectivity index (χ4v) is 4.61. The zero-order chi connectivity index (χ0) is 26.3. The lowest BCUT2D eigenvalue weighted by Crippen LogP contribution is -2.32. The first kappa shape index (κ1) is 30.2. The van der Waals surface area contributed by atoms with Crippen molar-refractivity contribution in [3.05, 3.63) is 83.4 Å². The van der Waals surface area contributed by atoms with Crippen LogP contribution in [0.25, 0.3) is 0 Å². The second kappa shape index (κ2) is 13.5. The van der Waals surface area contributed by atoms with Crippen LogP contribution in [-0.2, 0) is 10.0 Å². The summed E-state index contributed by atoms with van der Waals surface area (Å²) in [7, 11) is -0.285. The van der Waals surface area contributed by atoms with E-state index in [0.717, 1.165) is 35.3 Å². The molecular formula is C27H35ClN2O6S. The Bertz CT molecular complexity index is 1190. The summed E-state index contributed by atoms with van der Waals surface area (Å²) in [6.07, 6.45) is 0.872. The van der Waals surface area contributed by atoms with Crippen molar-refractivity contribution in [3.63, 3.8) is 0 Å². The first-order valence-electron chi connectivity index (χ1n) is 11.6. The van der Waals surface area contributed by atoms with E-state index in [4.69, 9.17) is 9.47 Å². The van der Waals surface area contributed by atoms with Crippen LogP contribution in [0.4, 0.5) is 5.69 Å². The minimum Gasteiger partial charge on any atom is -0.506 e. The highest BCUT2D eigenvalue weighted by Crippen LogP contribution is 2.32. The molecular weight excluding hydrogens is 516 g/mol. The van der Waals surface area contributed by atoms with Crippen molar-refractivity contribution < 1.29 is 28.1 Å². The molecule has 0 fully saturated rings. The standard InChI is InChI=1S/C27H34N2O6S.ClH/c1-18(28-17-27(31)21-9-14-26(30)25(16-21)29-36(4,32)33)15-24(19-5-10-22(34-2)11-6-19)20-7-12-23(35-3)13-8-20;/h5-14,16,18,24,27-31H,15,17H2,1-4H3;1H/t18-,27+;/m1./s1. The predicted molar refractivity (Wildman–Crippen MR) is 149 cm³/mol. The summed E-state index contributed by atoms with van der Waals surface area (Å²) in [4.78, 5) is 0. The molecule has 0 unspecified atom stereocenters. The van der Waals surface area contributed by atoms with Crippen molar-refractivity contribution >= 4 is 28.1 Å². The molecule has 0 aliphatic rings. The summed E-state index contributed by atoms with van der Waals surface area (Å²) in [5.74, 6) is 1.47. The Labute approximate surface area is 225 Å². The van der Waals surface area contributed by atoms with Gasteiger partial charge in [0, 0.05) is 18.5 Å². The van der Waals surface area contributed by atoms with Gasteiger partial charge in [-0.3, -0.25) is 4.72 Å². The lowest BCUT2D eigenvalue weighted by molar-refractivity contribution is 0.169. The average molecular weight is 551 g/mol. The van der Waals surface area contributed by atoms with Gasteiger partial charge < -0.3 is 25.0 Å². The normalized spacial score (nSPS) is 12.9. The molecule has 202 valence electrons. The maximum Gasteiger partial charge on any atom is 0.229 e. The second-order valence-electron chi connectivity index (χ2n) is 8.81. The molecule has 0 radical (unpaired) electrons. The Morgan fingerprint density at radius 2 is 1.35 bits per heavy atom. The zero-order valence-corrected chi connectivity index (χ0v) is 23.0. The summed E-state index contributed by atoms with van der Waals surface area (Å²) in [6.45, 7) is 2.31. The number of phenols is 1. The number of ether oxygens (including phenoxy) is 2. The molecule has 37 heavy (non-hydrogen) atoms. The first-order chi connectivity index (χ1) is 17.1. The van der Waals surface area contributed by atoms with E-state index in [1.165, 1.54) is 12.1 Å². The lowest BCUT2D eigenvalue weighted by atomic mass is 9.86. The third-order valence-electron chi connectivity index (χ3n) is 5.99. The predicted octanol–water partition coefficient (Wildman–Crippen LogP) is 4.44. The lowest BCUT2D eigenvalue weighted by Gasteiger charge is -2.24. The summed E-state index contributed by atoms with van der Waals surface area (Å²) in [5, 5.41) is 24.0. The van der Waals surface area contributed by atoms with Crippen molar-refractivity contribution in [2.24, 2.45) is 0 Å². The van der Waals surface area contributed by atoms with Gasteiger partial charge in [0.25, 0.3) is 0 Å². The summed E-state index contributed by atoms with van der Waals surface area (Å²) in [5.41, 5.74) is 2.80. The van der Waals surface area contributed by atoms with Gasteiger partial charge >= 0.3 is 0 Å². The molecule has 0 heterocycles. The Morgan fingerprint density at radius 1 is 0.865 bits per heavy atom. The van der Waals surface area contributed by atoms with E-state index in [9.17, 15) is 18.6 Å². The van der Waals surface area contributed by atoms with Gasteiger partial charge in [0.2, 0.25) is 10.0 Å². The van der Waals surface area contributed by atoms with E-state index in [-0.39, 0.29) is 42.3 Å². The van der Waals surface area contributed by atoms with Gasteiger partial charge in [0.05, 0.1) is 32.3 Å². The highest BCUT2D eigenvalue weighted by atomic mass is 35.5. The van der Waals surface area contributed by atoms with E-state index >= 15 is 0 Å².